The number of aromatic nitrogens is 2. The molecule has 2 aromatic heterocycles. The highest BCUT2D eigenvalue weighted by molar-refractivity contribution is 5.81. The van der Waals surface area contributed by atoms with Crippen LogP contribution in [0.1, 0.15) is 29.2 Å². The molecule has 0 unspecified atom stereocenters. The number of aryl methyl sites for hydroxylation is 1. The highest BCUT2D eigenvalue weighted by Crippen LogP contribution is 2.32. The first-order valence-electron chi connectivity index (χ1n) is 9.59. The van der Waals surface area contributed by atoms with Crippen LogP contribution in [0.5, 0.6) is 11.5 Å². The van der Waals surface area contributed by atoms with Crippen LogP contribution in [0.4, 0.5) is 0 Å². The number of carbonyl (C=O) groups is 2. The number of ether oxygens (including phenoxy) is 2. The van der Waals surface area contributed by atoms with Gasteiger partial charge in [0.1, 0.15) is 18.0 Å². The van der Waals surface area contributed by atoms with Crippen LogP contribution in [0.2, 0.25) is 0 Å². The summed E-state index contributed by atoms with van der Waals surface area (Å²) in [5.41, 5.74) is -0.894. The number of carbonyl (C=O) groups excluding carboxylic acids is 1. The van der Waals surface area contributed by atoms with Crippen LogP contribution in [-0.4, -0.2) is 45.9 Å². The summed E-state index contributed by atoms with van der Waals surface area (Å²) in [5, 5.41) is 20.3. The predicted molar refractivity (Wildman–Crippen MR) is 114 cm³/mol. The van der Waals surface area contributed by atoms with E-state index in [1.807, 2.05) is 0 Å². The second-order valence-electron chi connectivity index (χ2n) is 7.21. The van der Waals surface area contributed by atoms with Gasteiger partial charge in [-0.3, -0.25) is 19.2 Å². The zero-order valence-corrected chi connectivity index (χ0v) is 17.7. The summed E-state index contributed by atoms with van der Waals surface area (Å²) in [6.45, 7) is 0.826. The smallest absolute Gasteiger partial charge is 0.323 e. The zero-order valence-electron chi connectivity index (χ0n) is 17.7. The molecule has 0 saturated heterocycles. The number of hydrogen-bond donors (Lipinski definition) is 3. The Hall–Kier alpha value is -4.08. The van der Waals surface area contributed by atoms with Crippen molar-refractivity contribution in [3.8, 4) is 11.5 Å². The number of H-pyrrole nitrogens is 1. The van der Waals surface area contributed by atoms with E-state index in [1.54, 1.807) is 18.2 Å². The molecule has 1 aromatic carbocycles. The molecule has 3 N–H and O–H groups in total. The van der Waals surface area contributed by atoms with Crippen molar-refractivity contribution >= 4 is 22.8 Å². The lowest BCUT2D eigenvalue weighted by molar-refractivity contribution is -0.141. The van der Waals surface area contributed by atoms with E-state index in [2.05, 4.69) is 4.98 Å². The van der Waals surface area contributed by atoms with Gasteiger partial charge in [0, 0.05) is 28.1 Å². The van der Waals surface area contributed by atoms with Crippen LogP contribution in [0.3, 0.4) is 0 Å². The minimum absolute atomic E-state index is 0.0364. The molecular weight excluding hydrogens is 420 g/mol. The molecule has 2 heterocycles. The molecule has 32 heavy (non-hydrogen) atoms. The van der Waals surface area contributed by atoms with Gasteiger partial charge in [-0.1, -0.05) is 0 Å². The molecule has 10 nitrogen and oxygen atoms in total. The van der Waals surface area contributed by atoms with Crippen molar-refractivity contribution in [3.63, 3.8) is 0 Å². The van der Waals surface area contributed by atoms with Crippen molar-refractivity contribution < 1.29 is 29.3 Å². The Kier molecular flexibility index (Phi) is 6.33. The van der Waals surface area contributed by atoms with E-state index in [0.29, 0.717) is 16.7 Å². The van der Waals surface area contributed by atoms with Gasteiger partial charge in [-0.05, 0) is 37.3 Å². The summed E-state index contributed by atoms with van der Waals surface area (Å²) >= 11 is 0. The molecule has 0 aliphatic heterocycles. The summed E-state index contributed by atoms with van der Waals surface area (Å²) in [7, 11) is 2.65. The van der Waals surface area contributed by atoms with Crippen molar-refractivity contribution in [1.29, 1.82) is 0 Å². The first kappa shape index (κ1) is 22.6. The van der Waals surface area contributed by atoms with Gasteiger partial charge >= 0.3 is 11.9 Å². The number of carboxylic acids is 1. The highest BCUT2D eigenvalue weighted by atomic mass is 16.5. The number of esters is 1. The Morgan fingerprint density at radius 2 is 1.88 bits per heavy atom. The summed E-state index contributed by atoms with van der Waals surface area (Å²) in [5.74, 6) is -3.08. The lowest BCUT2D eigenvalue weighted by Gasteiger charge is -2.20. The number of carboxylic acid groups (broad SMARTS) is 1. The number of aromatic hydroxyl groups is 1. The third kappa shape index (κ3) is 4.34. The highest BCUT2D eigenvalue weighted by Gasteiger charge is 2.29. The largest absolute Gasteiger partial charge is 0.507 e. The molecule has 0 fully saturated rings. The van der Waals surface area contributed by atoms with Gasteiger partial charge in [0.25, 0.3) is 11.1 Å². The maximum absolute atomic E-state index is 13.2. The topological polar surface area (TPSA) is 148 Å². The second kappa shape index (κ2) is 8.96. The number of nitrogens with zero attached hydrogens (tertiary/aromatic N) is 1. The number of aromatic amines is 1. The number of methoxy groups -OCH3 is 2. The van der Waals surface area contributed by atoms with E-state index >= 15 is 0 Å². The molecular formula is C22H22N2O8. The van der Waals surface area contributed by atoms with Crippen LogP contribution in [0.25, 0.3) is 10.9 Å². The third-order valence-electron chi connectivity index (χ3n) is 5.22. The van der Waals surface area contributed by atoms with E-state index in [0.717, 1.165) is 11.7 Å². The fraction of sp³-hybridized carbons (Fsp3) is 0.273. The Morgan fingerprint density at radius 1 is 1.16 bits per heavy atom. The summed E-state index contributed by atoms with van der Waals surface area (Å²) in [6.07, 6.45) is -0.423. The van der Waals surface area contributed by atoms with E-state index in [4.69, 9.17) is 14.6 Å². The maximum atomic E-state index is 13.2. The van der Waals surface area contributed by atoms with Crippen molar-refractivity contribution in [2.75, 3.05) is 14.2 Å². The molecule has 0 aliphatic carbocycles. The third-order valence-corrected chi connectivity index (χ3v) is 5.22. The number of fused-ring (bicyclic) bond motifs is 1. The lowest BCUT2D eigenvalue weighted by atomic mass is 9.88. The first-order valence-corrected chi connectivity index (χ1v) is 9.59. The fourth-order valence-electron chi connectivity index (χ4n) is 3.63. The van der Waals surface area contributed by atoms with Gasteiger partial charge in [-0.15, -0.1) is 0 Å². The van der Waals surface area contributed by atoms with Crippen molar-refractivity contribution in [2.24, 2.45) is 0 Å². The summed E-state index contributed by atoms with van der Waals surface area (Å²) < 4.78 is 10.9. The number of pyridine rings is 2. The minimum Gasteiger partial charge on any atom is -0.507 e. The molecule has 0 bridgehead atoms. The van der Waals surface area contributed by atoms with E-state index in [1.165, 1.54) is 26.2 Å². The molecule has 1 atom stereocenters. The molecule has 10 heteroatoms. The predicted octanol–water partition coefficient (Wildman–Crippen LogP) is 1.49. The van der Waals surface area contributed by atoms with Gasteiger partial charge < -0.3 is 29.2 Å². The number of aliphatic carboxylic acids is 1. The van der Waals surface area contributed by atoms with E-state index in [9.17, 15) is 24.3 Å². The monoisotopic (exact) mass is 442 g/mol. The second-order valence-corrected chi connectivity index (χ2v) is 7.21. The minimum atomic E-state index is -1.26. The van der Waals surface area contributed by atoms with Crippen LogP contribution < -0.4 is 15.9 Å². The quantitative estimate of drug-likeness (QED) is 0.466. The number of nitrogens with one attached hydrogen (secondary N) is 1. The molecule has 0 radical (unpaired) electrons. The molecule has 0 aliphatic rings. The molecule has 3 rings (SSSR count). The summed E-state index contributed by atoms with van der Waals surface area (Å²) in [4.78, 5) is 52.2. The van der Waals surface area contributed by atoms with Crippen molar-refractivity contribution in [3.05, 3.63) is 67.9 Å². The molecule has 168 valence electrons. The molecule has 3 aromatic rings. The first-order chi connectivity index (χ1) is 15.2. The average molecular weight is 442 g/mol. The lowest BCUT2D eigenvalue weighted by Crippen LogP contribution is -2.32. The number of hydrogen-bond acceptors (Lipinski definition) is 7. The van der Waals surface area contributed by atoms with Gasteiger partial charge in [0.15, 0.2) is 0 Å². The zero-order chi connectivity index (χ0) is 23.6. The Balaban J connectivity index is 2.31. The van der Waals surface area contributed by atoms with Crippen molar-refractivity contribution in [2.45, 2.75) is 25.8 Å². The number of rotatable bonds is 7. The molecule has 0 spiro atoms. The Labute approximate surface area is 181 Å². The van der Waals surface area contributed by atoms with Gasteiger partial charge in [-0.2, -0.15) is 0 Å². The average Bonchev–Trinajstić information content (AvgIpc) is 2.74. The van der Waals surface area contributed by atoms with Crippen LogP contribution in [0.15, 0.2) is 39.9 Å². The Morgan fingerprint density at radius 3 is 2.50 bits per heavy atom. The number of benzene rings is 1. The standard InChI is InChI=1S/C22H22N2O8/c1-11-6-17(25)20(22(30)24(11)10-18(26)27)14(9-19(28)32-3)15-8-12-7-13(31-2)4-5-16(12)23-21(15)29/h4-8,14,25H,9-10H2,1-3H3,(H,23,29)(H,26,27)/t14-/m1/s1. The SMILES string of the molecule is COC(=O)C[C@H](c1cc2cc(OC)ccc2[nH]c1=O)c1c(O)cc(C)n(CC(=O)O)c1=O. The summed E-state index contributed by atoms with van der Waals surface area (Å²) in [6, 6.07) is 7.71. The van der Waals surface area contributed by atoms with Gasteiger partial charge in [-0.25, -0.2) is 0 Å². The molecule has 0 amide bonds. The van der Waals surface area contributed by atoms with Crippen LogP contribution in [0, 0.1) is 6.92 Å². The van der Waals surface area contributed by atoms with Crippen molar-refractivity contribution in [1.82, 2.24) is 9.55 Å². The molecule has 0 saturated carbocycles. The Bertz CT molecular complexity index is 1320. The van der Waals surface area contributed by atoms with Gasteiger partial charge in [0.2, 0.25) is 0 Å². The normalized spacial score (nSPS) is 11.8. The fourth-order valence-corrected chi connectivity index (χ4v) is 3.63. The van der Waals surface area contributed by atoms with Crippen LogP contribution in [-0.2, 0) is 20.9 Å². The van der Waals surface area contributed by atoms with E-state index < -0.39 is 47.7 Å². The van der Waals surface area contributed by atoms with Crippen LogP contribution >= 0.6 is 0 Å². The van der Waals surface area contributed by atoms with E-state index in [-0.39, 0.29) is 16.8 Å². The maximum Gasteiger partial charge on any atom is 0.323 e. The van der Waals surface area contributed by atoms with Gasteiger partial charge in [0.05, 0.1) is 26.2 Å².